The van der Waals surface area contributed by atoms with E-state index in [1.54, 1.807) is 0 Å². The normalized spacial score (nSPS) is 14.7. The van der Waals surface area contributed by atoms with E-state index in [4.69, 9.17) is 0 Å². The summed E-state index contributed by atoms with van der Waals surface area (Å²) in [6, 6.07) is 10.2. The third-order valence-electron chi connectivity index (χ3n) is 5.36. The van der Waals surface area contributed by atoms with Gasteiger partial charge in [-0.05, 0) is 42.8 Å². The molecule has 7 heteroatoms. The van der Waals surface area contributed by atoms with Gasteiger partial charge in [-0.2, -0.15) is 0 Å². The van der Waals surface area contributed by atoms with Crippen molar-refractivity contribution in [2.75, 3.05) is 31.1 Å². The first kappa shape index (κ1) is 18.9. The van der Waals surface area contributed by atoms with Crippen molar-refractivity contribution in [3.8, 4) is 0 Å². The second-order valence-electron chi connectivity index (χ2n) is 7.29. The standard InChI is InChI=1S/C21H24BrN5O/c1-14-12-19(24-16(3)23-14)25-8-10-26(11-9-25)20(28)13-27-15(2)21(22)17-6-4-5-7-18(17)27/h4-7,12H,8-11,13H2,1-3H3. The number of hydrogen-bond acceptors (Lipinski definition) is 4. The Labute approximate surface area is 173 Å². The van der Waals surface area contributed by atoms with Crippen LogP contribution in [0.4, 0.5) is 5.82 Å². The van der Waals surface area contributed by atoms with Gasteiger partial charge in [-0.1, -0.05) is 18.2 Å². The van der Waals surface area contributed by atoms with E-state index in [9.17, 15) is 4.79 Å². The molecule has 1 aliphatic heterocycles. The molecule has 0 aliphatic carbocycles. The lowest BCUT2D eigenvalue weighted by atomic mass is 10.2. The number of aromatic nitrogens is 3. The van der Waals surface area contributed by atoms with Crippen LogP contribution in [0.25, 0.3) is 10.9 Å². The van der Waals surface area contributed by atoms with Crippen LogP contribution in [0.1, 0.15) is 17.2 Å². The van der Waals surface area contributed by atoms with E-state index in [1.165, 1.54) is 0 Å². The summed E-state index contributed by atoms with van der Waals surface area (Å²) < 4.78 is 3.17. The molecule has 1 aliphatic rings. The molecule has 0 atom stereocenters. The fourth-order valence-corrected chi connectivity index (χ4v) is 4.42. The Morgan fingerprint density at radius 1 is 1.07 bits per heavy atom. The Morgan fingerprint density at radius 3 is 2.50 bits per heavy atom. The number of carbonyl (C=O) groups excluding carboxylic acids is 1. The molecular formula is C21H24BrN5O. The second-order valence-corrected chi connectivity index (χ2v) is 8.08. The number of rotatable bonds is 3. The number of carbonyl (C=O) groups is 1. The number of benzene rings is 1. The van der Waals surface area contributed by atoms with E-state index < -0.39 is 0 Å². The van der Waals surface area contributed by atoms with Gasteiger partial charge in [-0.3, -0.25) is 4.79 Å². The molecule has 3 heterocycles. The summed E-state index contributed by atoms with van der Waals surface area (Å²) in [4.78, 5) is 26.1. The van der Waals surface area contributed by atoms with Crippen molar-refractivity contribution in [3.05, 3.63) is 52.0 Å². The number of amides is 1. The van der Waals surface area contributed by atoms with Gasteiger partial charge in [0.15, 0.2) is 0 Å². The van der Waals surface area contributed by atoms with E-state index >= 15 is 0 Å². The van der Waals surface area contributed by atoms with Crippen molar-refractivity contribution in [3.63, 3.8) is 0 Å². The molecule has 0 N–H and O–H groups in total. The molecule has 4 rings (SSSR count). The molecule has 0 radical (unpaired) electrons. The lowest BCUT2D eigenvalue weighted by Gasteiger charge is -2.35. The zero-order chi connectivity index (χ0) is 19.8. The molecule has 1 amide bonds. The largest absolute Gasteiger partial charge is 0.353 e. The predicted octanol–water partition coefficient (Wildman–Crippen LogP) is 3.47. The number of para-hydroxylation sites is 1. The minimum Gasteiger partial charge on any atom is -0.353 e. The Kier molecular flexibility index (Phi) is 5.10. The fourth-order valence-electron chi connectivity index (χ4n) is 3.87. The van der Waals surface area contributed by atoms with E-state index in [0.29, 0.717) is 19.6 Å². The molecule has 0 spiro atoms. The minimum absolute atomic E-state index is 0.158. The summed E-state index contributed by atoms with van der Waals surface area (Å²) >= 11 is 3.67. The number of piperazine rings is 1. The Hall–Kier alpha value is -2.41. The first-order valence-electron chi connectivity index (χ1n) is 9.52. The van der Waals surface area contributed by atoms with Crippen molar-refractivity contribution in [2.45, 2.75) is 27.3 Å². The topological polar surface area (TPSA) is 54.3 Å². The summed E-state index contributed by atoms with van der Waals surface area (Å²) in [5, 5.41) is 1.15. The van der Waals surface area contributed by atoms with Gasteiger partial charge in [0.05, 0.1) is 0 Å². The summed E-state index contributed by atoms with van der Waals surface area (Å²) in [6.45, 7) is 9.31. The highest BCUT2D eigenvalue weighted by molar-refractivity contribution is 9.10. The molecule has 3 aromatic rings. The zero-order valence-electron chi connectivity index (χ0n) is 16.4. The molecule has 0 unspecified atom stereocenters. The minimum atomic E-state index is 0.158. The third-order valence-corrected chi connectivity index (χ3v) is 6.36. The van der Waals surface area contributed by atoms with Crippen LogP contribution in [0, 0.1) is 20.8 Å². The van der Waals surface area contributed by atoms with Crippen LogP contribution < -0.4 is 4.90 Å². The van der Waals surface area contributed by atoms with E-state index in [1.807, 2.05) is 36.9 Å². The highest BCUT2D eigenvalue weighted by Crippen LogP contribution is 2.30. The number of anilines is 1. The van der Waals surface area contributed by atoms with Crippen molar-refractivity contribution in [1.82, 2.24) is 19.4 Å². The van der Waals surface area contributed by atoms with Gasteiger partial charge in [0.25, 0.3) is 0 Å². The molecular weight excluding hydrogens is 418 g/mol. The summed E-state index contributed by atoms with van der Waals surface area (Å²) in [7, 11) is 0. The van der Waals surface area contributed by atoms with E-state index in [0.717, 1.165) is 51.5 Å². The Morgan fingerprint density at radius 2 is 1.79 bits per heavy atom. The number of nitrogens with zero attached hydrogens (tertiary/aromatic N) is 5. The van der Waals surface area contributed by atoms with Crippen molar-refractivity contribution in [2.24, 2.45) is 0 Å². The average molecular weight is 442 g/mol. The quantitative estimate of drug-likeness (QED) is 0.624. The molecule has 6 nitrogen and oxygen atoms in total. The molecule has 2 aromatic heterocycles. The molecule has 146 valence electrons. The van der Waals surface area contributed by atoms with Gasteiger partial charge in [0.1, 0.15) is 18.2 Å². The summed E-state index contributed by atoms with van der Waals surface area (Å²) in [6.07, 6.45) is 0. The van der Waals surface area contributed by atoms with E-state index in [2.05, 4.69) is 54.4 Å². The number of halogens is 1. The van der Waals surface area contributed by atoms with Crippen LogP contribution in [0.15, 0.2) is 34.8 Å². The van der Waals surface area contributed by atoms with E-state index in [-0.39, 0.29) is 5.91 Å². The van der Waals surface area contributed by atoms with Gasteiger partial charge in [-0.25, -0.2) is 9.97 Å². The van der Waals surface area contributed by atoms with Gasteiger partial charge in [0.2, 0.25) is 5.91 Å². The van der Waals surface area contributed by atoms with Crippen LogP contribution in [0.2, 0.25) is 0 Å². The smallest absolute Gasteiger partial charge is 0.242 e. The number of hydrogen-bond donors (Lipinski definition) is 0. The highest BCUT2D eigenvalue weighted by atomic mass is 79.9. The third kappa shape index (κ3) is 3.51. The van der Waals surface area contributed by atoms with Crippen LogP contribution in [-0.2, 0) is 11.3 Å². The Balaban J connectivity index is 1.46. The molecule has 1 aromatic carbocycles. The first-order valence-corrected chi connectivity index (χ1v) is 10.3. The maximum atomic E-state index is 13.0. The highest BCUT2D eigenvalue weighted by Gasteiger charge is 2.23. The van der Waals surface area contributed by atoms with Crippen LogP contribution in [0.5, 0.6) is 0 Å². The monoisotopic (exact) mass is 441 g/mol. The van der Waals surface area contributed by atoms with Gasteiger partial charge in [-0.15, -0.1) is 0 Å². The molecule has 0 saturated carbocycles. The van der Waals surface area contributed by atoms with Crippen LogP contribution >= 0.6 is 15.9 Å². The van der Waals surface area contributed by atoms with Crippen LogP contribution in [0.3, 0.4) is 0 Å². The summed E-state index contributed by atoms with van der Waals surface area (Å²) in [5.74, 6) is 1.90. The first-order chi connectivity index (χ1) is 13.4. The zero-order valence-corrected chi connectivity index (χ0v) is 18.0. The number of fused-ring (bicyclic) bond motifs is 1. The Bertz CT molecular complexity index is 1020. The SMILES string of the molecule is Cc1cc(N2CCN(C(=O)Cn3c(C)c(Br)c4ccccc43)CC2)nc(C)n1. The van der Waals surface area contributed by atoms with Gasteiger partial charge in [0, 0.05) is 59.0 Å². The van der Waals surface area contributed by atoms with Gasteiger partial charge >= 0.3 is 0 Å². The molecule has 0 bridgehead atoms. The van der Waals surface area contributed by atoms with Crippen molar-refractivity contribution < 1.29 is 4.79 Å². The molecule has 28 heavy (non-hydrogen) atoms. The summed E-state index contributed by atoms with van der Waals surface area (Å²) in [5.41, 5.74) is 3.15. The predicted molar refractivity (Wildman–Crippen MR) is 115 cm³/mol. The van der Waals surface area contributed by atoms with Crippen molar-refractivity contribution >= 4 is 38.6 Å². The number of aryl methyl sites for hydroxylation is 2. The van der Waals surface area contributed by atoms with Gasteiger partial charge < -0.3 is 14.4 Å². The lowest BCUT2D eigenvalue weighted by molar-refractivity contribution is -0.132. The fraction of sp³-hybridized carbons (Fsp3) is 0.381. The lowest BCUT2D eigenvalue weighted by Crippen LogP contribution is -2.50. The van der Waals surface area contributed by atoms with Crippen LogP contribution in [-0.4, -0.2) is 51.5 Å². The second kappa shape index (κ2) is 7.54. The van der Waals surface area contributed by atoms with Crippen molar-refractivity contribution in [1.29, 1.82) is 0 Å². The average Bonchev–Trinajstić information content (AvgIpc) is 2.92. The maximum Gasteiger partial charge on any atom is 0.242 e. The maximum absolute atomic E-state index is 13.0. The molecule has 1 saturated heterocycles. The molecule has 1 fully saturated rings.